The number of hydrogen-bond donors (Lipinski definition) is 2. The Morgan fingerprint density at radius 2 is 2.06 bits per heavy atom. The van der Waals surface area contributed by atoms with Gasteiger partial charge in [0.1, 0.15) is 0 Å². The normalized spacial score (nSPS) is 13.2. The molecule has 0 aliphatic rings. The summed E-state index contributed by atoms with van der Waals surface area (Å²) in [7, 11) is 0. The number of aromatic nitrogens is 1. The second kappa shape index (κ2) is 4.71. The van der Waals surface area contributed by atoms with Gasteiger partial charge in [-0.25, -0.2) is 0 Å². The molecule has 2 aromatic rings. The molecule has 0 aliphatic heterocycles. The molecule has 1 heterocycles. The lowest BCUT2D eigenvalue weighted by Crippen LogP contribution is -2.15. The highest BCUT2D eigenvalue weighted by Crippen LogP contribution is 2.29. The van der Waals surface area contributed by atoms with E-state index in [2.05, 4.69) is 24.9 Å². The number of nitrogens with one attached hydrogen (secondary N) is 1. The van der Waals surface area contributed by atoms with Crippen molar-refractivity contribution in [1.82, 2.24) is 4.98 Å². The van der Waals surface area contributed by atoms with Crippen molar-refractivity contribution in [3.05, 3.63) is 34.0 Å². The predicted octanol–water partition coefficient (Wildman–Crippen LogP) is 3.72. The molecule has 0 radical (unpaired) electrons. The molecule has 0 aliphatic carbocycles. The molecule has 1 atom stereocenters. The maximum Gasteiger partial charge on any atom is 0.0503 e. The fourth-order valence-corrected chi connectivity index (χ4v) is 2.42. The number of hydrogen-bond acceptors (Lipinski definition) is 1. The van der Waals surface area contributed by atoms with Crippen LogP contribution in [-0.2, 0) is 6.42 Å². The maximum absolute atomic E-state index is 6.14. The van der Waals surface area contributed by atoms with Crippen LogP contribution in [0, 0.1) is 13.8 Å². The minimum Gasteiger partial charge on any atom is -0.358 e. The monoisotopic (exact) mass is 250 g/mol. The van der Waals surface area contributed by atoms with Gasteiger partial charge in [-0.05, 0) is 50.8 Å². The Bertz CT molecular complexity index is 541. The van der Waals surface area contributed by atoms with E-state index in [1.54, 1.807) is 0 Å². The molecule has 0 saturated heterocycles. The molecule has 0 spiro atoms. The third-order valence-corrected chi connectivity index (χ3v) is 3.75. The summed E-state index contributed by atoms with van der Waals surface area (Å²) in [6.07, 6.45) is 2.03. The largest absolute Gasteiger partial charge is 0.358 e. The van der Waals surface area contributed by atoms with Crippen LogP contribution in [0.25, 0.3) is 10.9 Å². The highest BCUT2D eigenvalue weighted by molar-refractivity contribution is 6.32. The van der Waals surface area contributed by atoms with Crippen molar-refractivity contribution in [3.8, 4) is 0 Å². The van der Waals surface area contributed by atoms with Gasteiger partial charge in [0.2, 0.25) is 0 Å². The Kier molecular flexibility index (Phi) is 3.45. The minimum absolute atomic E-state index is 0.243. The number of benzene rings is 1. The standard InChI is InChI=1S/C14H19ClN2/c1-8(16)4-5-11-10(3)17-14-9(2)13(15)7-6-12(11)14/h6-8,17H,4-5,16H2,1-3H3. The Labute approximate surface area is 107 Å². The summed E-state index contributed by atoms with van der Waals surface area (Å²) in [5.74, 6) is 0. The smallest absolute Gasteiger partial charge is 0.0503 e. The first-order valence-corrected chi connectivity index (χ1v) is 6.40. The summed E-state index contributed by atoms with van der Waals surface area (Å²) in [6, 6.07) is 4.32. The SMILES string of the molecule is Cc1[nH]c2c(C)c(Cl)ccc2c1CCC(C)N. The summed E-state index contributed by atoms with van der Waals surface area (Å²) in [4.78, 5) is 3.43. The van der Waals surface area contributed by atoms with Gasteiger partial charge in [-0.3, -0.25) is 0 Å². The van der Waals surface area contributed by atoms with Crippen molar-refractivity contribution in [3.63, 3.8) is 0 Å². The van der Waals surface area contributed by atoms with E-state index in [1.807, 2.05) is 13.0 Å². The summed E-state index contributed by atoms with van der Waals surface area (Å²) < 4.78 is 0. The molecular formula is C14H19ClN2. The van der Waals surface area contributed by atoms with Crippen molar-refractivity contribution in [2.24, 2.45) is 5.73 Å². The van der Waals surface area contributed by atoms with E-state index in [1.165, 1.54) is 16.6 Å². The molecule has 0 bridgehead atoms. The van der Waals surface area contributed by atoms with Crippen LogP contribution in [0.1, 0.15) is 30.2 Å². The van der Waals surface area contributed by atoms with E-state index in [0.29, 0.717) is 0 Å². The second-order valence-electron chi connectivity index (χ2n) is 4.84. The molecule has 0 saturated carbocycles. The quantitative estimate of drug-likeness (QED) is 0.857. The highest BCUT2D eigenvalue weighted by atomic mass is 35.5. The van der Waals surface area contributed by atoms with Crippen LogP contribution in [0.3, 0.4) is 0 Å². The first-order valence-electron chi connectivity index (χ1n) is 6.02. The van der Waals surface area contributed by atoms with E-state index in [0.717, 1.165) is 28.9 Å². The summed E-state index contributed by atoms with van der Waals surface area (Å²) in [5, 5.41) is 2.10. The minimum atomic E-state index is 0.243. The average Bonchev–Trinajstić information content (AvgIpc) is 2.58. The number of halogens is 1. The zero-order chi connectivity index (χ0) is 12.6. The van der Waals surface area contributed by atoms with Crippen molar-refractivity contribution in [1.29, 1.82) is 0 Å². The molecule has 0 amide bonds. The van der Waals surface area contributed by atoms with Gasteiger partial charge in [0.15, 0.2) is 0 Å². The first-order chi connectivity index (χ1) is 8.00. The zero-order valence-corrected chi connectivity index (χ0v) is 11.4. The van der Waals surface area contributed by atoms with Gasteiger partial charge in [-0.15, -0.1) is 0 Å². The maximum atomic E-state index is 6.14. The number of rotatable bonds is 3. The lowest BCUT2D eigenvalue weighted by Gasteiger charge is -2.05. The van der Waals surface area contributed by atoms with Gasteiger partial charge in [-0.1, -0.05) is 17.7 Å². The van der Waals surface area contributed by atoms with Gasteiger partial charge in [0.25, 0.3) is 0 Å². The fourth-order valence-electron chi connectivity index (χ4n) is 2.26. The van der Waals surface area contributed by atoms with Crippen molar-refractivity contribution in [2.45, 2.75) is 39.7 Å². The molecule has 17 heavy (non-hydrogen) atoms. The second-order valence-corrected chi connectivity index (χ2v) is 5.25. The van der Waals surface area contributed by atoms with Gasteiger partial charge >= 0.3 is 0 Å². The molecule has 92 valence electrons. The number of fused-ring (bicyclic) bond motifs is 1. The fraction of sp³-hybridized carbons (Fsp3) is 0.429. The van der Waals surface area contributed by atoms with E-state index in [9.17, 15) is 0 Å². The van der Waals surface area contributed by atoms with E-state index < -0.39 is 0 Å². The lowest BCUT2D eigenvalue weighted by molar-refractivity contribution is 0.666. The van der Waals surface area contributed by atoms with Crippen LogP contribution in [0.5, 0.6) is 0 Å². The lowest BCUT2D eigenvalue weighted by atomic mass is 10.0. The number of nitrogens with two attached hydrogens (primary N) is 1. The summed E-state index contributed by atoms with van der Waals surface area (Å²) in [6.45, 7) is 6.21. The topological polar surface area (TPSA) is 41.8 Å². The number of aryl methyl sites for hydroxylation is 3. The molecular weight excluding hydrogens is 232 g/mol. The van der Waals surface area contributed by atoms with Gasteiger partial charge in [-0.2, -0.15) is 0 Å². The Morgan fingerprint density at radius 1 is 1.35 bits per heavy atom. The first kappa shape index (κ1) is 12.5. The predicted molar refractivity (Wildman–Crippen MR) is 74.8 cm³/mol. The van der Waals surface area contributed by atoms with Crippen molar-refractivity contribution < 1.29 is 0 Å². The summed E-state index contributed by atoms with van der Waals surface area (Å²) in [5.41, 5.74) is 10.7. The summed E-state index contributed by atoms with van der Waals surface area (Å²) >= 11 is 6.14. The van der Waals surface area contributed by atoms with E-state index in [4.69, 9.17) is 17.3 Å². The van der Waals surface area contributed by atoms with Gasteiger partial charge < -0.3 is 10.7 Å². The Morgan fingerprint density at radius 3 is 2.71 bits per heavy atom. The third-order valence-electron chi connectivity index (χ3n) is 3.34. The van der Waals surface area contributed by atoms with Gasteiger partial charge in [0, 0.05) is 22.1 Å². The van der Waals surface area contributed by atoms with Crippen molar-refractivity contribution >= 4 is 22.5 Å². The molecule has 3 N–H and O–H groups in total. The Balaban J connectivity index is 2.49. The molecule has 2 nitrogen and oxygen atoms in total. The van der Waals surface area contributed by atoms with Crippen LogP contribution in [0.15, 0.2) is 12.1 Å². The van der Waals surface area contributed by atoms with E-state index >= 15 is 0 Å². The van der Waals surface area contributed by atoms with Crippen LogP contribution < -0.4 is 5.73 Å². The van der Waals surface area contributed by atoms with Crippen LogP contribution in [0.4, 0.5) is 0 Å². The molecule has 1 unspecified atom stereocenters. The van der Waals surface area contributed by atoms with Crippen LogP contribution >= 0.6 is 11.6 Å². The van der Waals surface area contributed by atoms with Gasteiger partial charge in [0.05, 0.1) is 5.52 Å². The van der Waals surface area contributed by atoms with E-state index in [-0.39, 0.29) is 6.04 Å². The molecule has 3 heteroatoms. The zero-order valence-electron chi connectivity index (χ0n) is 10.6. The molecule has 2 rings (SSSR count). The van der Waals surface area contributed by atoms with Crippen LogP contribution in [0.2, 0.25) is 5.02 Å². The van der Waals surface area contributed by atoms with Crippen molar-refractivity contribution in [2.75, 3.05) is 0 Å². The molecule has 1 aromatic heterocycles. The number of H-pyrrole nitrogens is 1. The highest BCUT2D eigenvalue weighted by Gasteiger charge is 2.11. The third kappa shape index (κ3) is 2.33. The molecule has 1 aromatic carbocycles. The number of aromatic amines is 1. The average molecular weight is 251 g/mol. The van der Waals surface area contributed by atoms with Crippen LogP contribution in [-0.4, -0.2) is 11.0 Å². The Hall–Kier alpha value is -0.990. The molecule has 0 fully saturated rings.